The zero-order chi connectivity index (χ0) is 10.4. The Labute approximate surface area is 87.6 Å². The molecule has 0 fully saturated rings. The van der Waals surface area contributed by atoms with Crippen LogP contribution in [-0.4, -0.2) is 13.1 Å². The molecule has 14 heavy (non-hydrogen) atoms. The molecule has 0 radical (unpaired) electrons. The van der Waals surface area contributed by atoms with E-state index in [0.29, 0.717) is 5.75 Å². The molecule has 0 saturated carbocycles. The number of carbonyl (C=O) groups excluding carboxylic acids is 1. The fourth-order valence-electron chi connectivity index (χ4n) is 0.902. The monoisotopic (exact) mass is 212 g/mol. The van der Waals surface area contributed by atoms with Gasteiger partial charge in [-0.1, -0.05) is 12.1 Å². The quantitative estimate of drug-likeness (QED) is 0.718. The van der Waals surface area contributed by atoms with Gasteiger partial charge < -0.3 is 8.92 Å². The van der Waals surface area contributed by atoms with Crippen LogP contribution in [0.4, 0.5) is 0 Å². The molecule has 0 saturated heterocycles. The number of hydrogen-bond acceptors (Lipinski definition) is 4. The van der Waals surface area contributed by atoms with Gasteiger partial charge in [-0.05, 0) is 17.7 Å². The van der Waals surface area contributed by atoms with E-state index in [9.17, 15) is 4.79 Å². The number of carbonyl (C=O) groups is 1. The van der Waals surface area contributed by atoms with Crippen LogP contribution in [0.1, 0.15) is 12.5 Å². The van der Waals surface area contributed by atoms with Crippen LogP contribution in [0.15, 0.2) is 24.3 Å². The van der Waals surface area contributed by atoms with Crippen LogP contribution in [0.3, 0.4) is 0 Å². The summed E-state index contributed by atoms with van der Waals surface area (Å²) in [6.07, 6.45) is 0. The van der Waals surface area contributed by atoms with Gasteiger partial charge in [0.15, 0.2) is 0 Å². The zero-order valence-corrected chi connectivity index (χ0v) is 8.97. The van der Waals surface area contributed by atoms with Gasteiger partial charge in [0.2, 0.25) is 0 Å². The second kappa shape index (κ2) is 5.54. The van der Waals surface area contributed by atoms with Crippen molar-refractivity contribution < 1.29 is 13.7 Å². The lowest BCUT2D eigenvalue weighted by atomic mass is 10.2. The molecule has 0 aliphatic rings. The molecule has 4 heteroatoms. The zero-order valence-electron chi connectivity index (χ0n) is 8.15. The summed E-state index contributed by atoms with van der Waals surface area (Å²) >= 11 is 1.14. The predicted molar refractivity (Wildman–Crippen MR) is 56.1 cm³/mol. The van der Waals surface area contributed by atoms with Gasteiger partial charge in [-0.15, -0.1) is 0 Å². The first-order valence-corrected chi connectivity index (χ1v) is 5.06. The summed E-state index contributed by atoms with van der Waals surface area (Å²) in [5, 5.41) is 0. The minimum atomic E-state index is -0.275. The average molecular weight is 212 g/mol. The van der Waals surface area contributed by atoms with E-state index in [1.54, 1.807) is 7.11 Å². The first kappa shape index (κ1) is 10.9. The molecule has 0 spiro atoms. The van der Waals surface area contributed by atoms with E-state index in [1.165, 1.54) is 6.92 Å². The summed E-state index contributed by atoms with van der Waals surface area (Å²) in [5.41, 5.74) is 1.09. The van der Waals surface area contributed by atoms with Crippen LogP contribution in [0.25, 0.3) is 0 Å². The van der Waals surface area contributed by atoms with E-state index in [-0.39, 0.29) is 5.97 Å². The molecule has 0 aliphatic heterocycles. The van der Waals surface area contributed by atoms with Gasteiger partial charge in [0.25, 0.3) is 0 Å². The summed E-state index contributed by atoms with van der Waals surface area (Å²) in [4.78, 5) is 10.5. The molecule has 1 rings (SSSR count). The van der Waals surface area contributed by atoms with Crippen molar-refractivity contribution in [1.29, 1.82) is 0 Å². The third-order valence-corrected chi connectivity index (χ3v) is 2.36. The van der Waals surface area contributed by atoms with Gasteiger partial charge >= 0.3 is 5.97 Å². The summed E-state index contributed by atoms with van der Waals surface area (Å²) in [7, 11) is 1.63. The standard InChI is InChI=1S/C10H12O3S/c1-8(11)13-14-7-9-3-5-10(12-2)6-4-9/h3-6H,7H2,1-2H3. The molecule has 0 N–H and O–H groups in total. The number of ether oxygens (including phenoxy) is 1. The summed E-state index contributed by atoms with van der Waals surface area (Å²) in [5.74, 6) is 1.21. The van der Waals surface area contributed by atoms with Crippen LogP contribution in [0.2, 0.25) is 0 Å². The van der Waals surface area contributed by atoms with E-state index < -0.39 is 0 Å². The highest BCUT2D eigenvalue weighted by atomic mass is 32.2. The van der Waals surface area contributed by atoms with Gasteiger partial charge in [-0.2, -0.15) is 0 Å². The predicted octanol–water partition coefficient (Wildman–Crippen LogP) is 2.41. The van der Waals surface area contributed by atoms with Crippen molar-refractivity contribution >= 4 is 18.0 Å². The third-order valence-electron chi connectivity index (χ3n) is 1.56. The van der Waals surface area contributed by atoms with E-state index in [2.05, 4.69) is 0 Å². The highest BCUT2D eigenvalue weighted by Gasteiger charge is 1.97. The molecule has 0 aromatic heterocycles. The lowest BCUT2D eigenvalue weighted by Crippen LogP contribution is -1.90. The van der Waals surface area contributed by atoms with Gasteiger partial charge in [0.1, 0.15) is 5.75 Å². The lowest BCUT2D eigenvalue weighted by molar-refractivity contribution is -0.130. The summed E-state index contributed by atoms with van der Waals surface area (Å²) < 4.78 is 9.77. The fourth-order valence-corrected chi connectivity index (χ4v) is 1.46. The first-order valence-electron chi connectivity index (χ1n) is 4.15. The first-order chi connectivity index (χ1) is 6.72. The maximum atomic E-state index is 10.5. The van der Waals surface area contributed by atoms with Crippen LogP contribution in [0, 0.1) is 0 Å². The van der Waals surface area contributed by atoms with Gasteiger partial charge in [-0.3, -0.25) is 4.79 Å². The van der Waals surface area contributed by atoms with Crippen LogP contribution in [-0.2, 0) is 14.7 Å². The van der Waals surface area contributed by atoms with Gasteiger partial charge in [0, 0.05) is 6.92 Å². The van der Waals surface area contributed by atoms with Crippen molar-refractivity contribution in [1.82, 2.24) is 0 Å². The molecule has 0 aliphatic carbocycles. The molecule has 0 bridgehead atoms. The largest absolute Gasteiger partial charge is 0.497 e. The molecule has 0 amide bonds. The fraction of sp³-hybridized carbons (Fsp3) is 0.300. The highest BCUT2D eigenvalue weighted by Crippen LogP contribution is 2.16. The SMILES string of the molecule is COc1ccc(CSOC(C)=O)cc1. The number of hydrogen-bond donors (Lipinski definition) is 0. The lowest BCUT2D eigenvalue weighted by Gasteiger charge is -2.02. The molecule has 1 aromatic rings. The topological polar surface area (TPSA) is 35.5 Å². The molecule has 76 valence electrons. The number of methoxy groups -OCH3 is 1. The van der Waals surface area contributed by atoms with Gasteiger partial charge in [0.05, 0.1) is 24.9 Å². The number of rotatable bonds is 4. The van der Waals surface area contributed by atoms with Crippen molar-refractivity contribution in [2.24, 2.45) is 0 Å². The molecular formula is C10H12O3S. The van der Waals surface area contributed by atoms with E-state index in [0.717, 1.165) is 23.4 Å². The van der Waals surface area contributed by atoms with Crippen molar-refractivity contribution in [3.63, 3.8) is 0 Å². The molecule has 0 atom stereocenters. The van der Waals surface area contributed by atoms with Crippen LogP contribution >= 0.6 is 12.0 Å². The molecule has 3 nitrogen and oxygen atoms in total. The Balaban J connectivity index is 2.40. The minimum Gasteiger partial charge on any atom is -0.497 e. The molecule has 0 heterocycles. The van der Waals surface area contributed by atoms with E-state index in [4.69, 9.17) is 8.92 Å². The second-order valence-electron chi connectivity index (χ2n) is 2.69. The molecule has 1 aromatic carbocycles. The van der Waals surface area contributed by atoms with Crippen LogP contribution in [0.5, 0.6) is 5.75 Å². The Kier molecular flexibility index (Phi) is 4.32. The molecular weight excluding hydrogens is 200 g/mol. The normalized spacial score (nSPS) is 9.57. The Hall–Kier alpha value is -1.16. The van der Waals surface area contributed by atoms with Gasteiger partial charge in [-0.25, -0.2) is 0 Å². The smallest absolute Gasteiger partial charge is 0.314 e. The van der Waals surface area contributed by atoms with E-state index >= 15 is 0 Å². The number of benzene rings is 1. The van der Waals surface area contributed by atoms with E-state index in [1.807, 2.05) is 24.3 Å². The molecule has 0 unspecified atom stereocenters. The maximum Gasteiger partial charge on any atom is 0.314 e. The Morgan fingerprint density at radius 2 is 2.00 bits per heavy atom. The second-order valence-corrected chi connectivity index (χ2v) is 3.38. The highest BCUT2D eigenvalue weighted by molar-refractivity contribution is 7.94. The summed E-state index contributed by atoms with van der Waals surface area (Å²) in [6.45, 7) is 1.39. The maximum absolute atomic E-state index is 10.5. The Morgan fingerprint density at radius 3 is 2.50 bits per heavy atom. The Bertz CT molecular complexity index is 295. The van der Waals surface area contributed by atoms with Crippen molar-refractivity contribution in [3.05, 3.63) is 29.8 Å². The van der Waals surface area contributed by atoms with Crippen molar-refractivity contribution in [3.8, 4) is 5.75 Å². The van der Waals surface area contributed by atoms with Crippen molar-refractivity contribution in [2.75, 3.05) is 7.11 Å². The summed E-state index contributed by atoms with van der Waals surface area (Å²) in [6, 6.07) is 7.64. The minimum absolute atomic E-state index is 0.275. The third kappa shape index (κ3) is 3.70. The van der Waals surface area contributed by atoms with Crippen LogP contribution < -0.4 is 4.74 Å². The average Bonchev–Trinajstić information content (AvgIpc) is 2.18. The van der Waals surface area contributed by atoms with Crippen molar-refractivity contribution in [2.45, 2.75) is 12.7 Å². The Morgan fingerprint density at radius 1 is 1.36 bits per heavy atom.